The highest BCUT2D eigenvalue weighted by molar-refractivity contribution is 9.10. The number of rotatable bonds is 14. The van der Waals surface area contributed by atoms with Gasteiger partial charge in [0.05, 0.1) is 62.7 Å². The average Bonchev–Trinajstić information content (AvgIpc) is 2.94. The van der Waals surface area contributed by atoms with E-state index >= 15 is 0 Å². The molecule has 0 amide bonds. The predicted molar refractivity (Wildman–Crippen MR) is 152 cm³/mol. The molecule has 2 rings (SSSR count). The lowest BCUT2D eigenvalue weighted by molar-refractivity contribution is -0.176. The smallest absolute Gasteiger partial charge is 0.418 e. The molecule has 0 aliphatic heterocycles. The average molecular weight is 694 g/mol. The second-order valence-corrected chi connectivity index (χ2v) is 10.1. The van der Waals surface area contributed by atoms with Crippen LogP contribution >= 0.6 is 31.9 Å². The molecule has 0 fully saturated rings. The maximum absolute atomic E-state index is 13.1. The highest BCUT2D eigenvalue weighted by Crippen LogP contribution is 2.40. The van der Waals surface area contributed by atoms with Crippen LogP contribution in [0.4, 0.5) is 0 Å². The van der Waals surface area contributed by atoms with E-state index in [-0.39, 0.29) is 13.2 Å². The molecule has 2 aromatic rings. The zero-order valence-electron chi connectivity index (χ0n) is 23.0. The fourth-order valence-corrected chi connectivity index (χ4v) is 4.83. The summed E-state index contributed by atoms with van der Waals surface area (Å²) in [4.78, 5) is 26.3. The van der Waals surface area contributed by atoms with Crippen LogP contribution in [0.25, 0.3) is 0 Å². The van der Waals surface area contributed by atoms with Crippen LogP contribution in [0.5, 0.6) is 23.0 Å². The first-order valence-electron chi connectivity index (χ1n) is 11.8. The van der Waals surface area contributed by atoms with Crippen molar-refractivity contribution in [3.63, 3.8) is 0 Å². The molecule has 2 aromatic carbocycles. The van der Waals surface area contributed by atoms with Gasteiger partial charge in [0, 0.05) is 25.3 Å². The number of hydrogen-bond acceptors (Lipinski definition) is 12. The van der Waals surface area contributed by atoms with Crippen LogP contribution < -0.4 is 30.4 Å². The zero-order valence-corrected chi connectivity index (χ0v) is 26.2. The van der Waals surface area contributed by atoms with Gasteiger partial charge in [-0.25, -0.2) is 9.59 Å². The third-order valence-corrected chi connectivity index (χ3v) is 6.99. The van der Waals surface area contributed by atoms with Crippen molar-refractivity contribution >= 4 is 43.8 Å². The number of ether oxygens (including phenoxy) is 8. The van der Waals surface area contributed by atoms with E-state index in [1.165, 1.54) is 42.7 Å². The Hall–Kier alpha value is -2.62. The number of benzene rings is 2. The molecule has 40 heavy (non-hydrogen) atoms. The van der Waals surface area contributed by atoms with Crippen molar-refractivity contribution in [2.75, 3.05) is 55.9 Å². The van der Waals surface area contributed by atoms with Gasteiger partial charge < -0.3 is 49.4 Å². The molecule has 0 spiro atoms. The van der Waals surface area contributed by atoms with Gasteiger partial charge in [-0.15, -0.1) is 0 Å². The van der Waals surface area contributed by atoms with E-state index in [4.69, 9.17) is 49.4 Å². The molecule has 222 valence electrons. The van der Waals surface area contributed by atoms with Gasteiger partial charge in [-0.3, -0.25) is 0 Å². The predicted octanol–water partition coefficient (Wildman–Crippen LogP) is 3.06. The summed E-state index contributed by atoms with van der Waals surface area (Å²) < 4.78 is 44.4. The van der Waals surface area contributed by atoms with Crippen molar-refractivity contribution < 1.29 is 47.5 Å². The summed E-state index contributed by atoms with van der Waals surface area (Å²) in [5, 5.41) is 0. The molecular weight excluding hydrogens is 660 g/mol. The Morgan fingerprint density at radius 2 is 0.950 bits per heavy atom. The first-order valence-corrected chi connectivity index (χ1v) is 13.4. The van der Waals surface area contributed by atoms with Crippen LogP contribution in [0.15, 0.2) is 33.2 Å². The largest absolute Gasteiger partial charge is 0.496 e. The van der Waals surface area contributed by atoms with Gasteiger partial charge in [0.1, 0.15) is 35.2 Å². The Balaban J connectivity index is 2.46. The maximum Gasteiger partial charge on any atom is 0.418 e. The van der Waals surface area contributed by atoms with Crippen molar-refractivity contribution in [3.05, 3.63) is 44.3 Å². The van der Waals surface area contributed by atoms with Gasteiger partial charge in [0.25, 0.3) is 0 Å². The van der Waals surface area contributed by atoms with Crippen molar-refractivity contribution in [3.8, 4) is 23.0 Å². The standard InChI is InChI=1S/C26H34Br2N2O10/c1-33-11-17(29)23(13-7-21(37-5)15(27)9-19(13)35-3)39-25(31)26(32)40-24(18(30)12-34-2)14-8-22(38-6)16(28)10-20(14)36-4/h7-10,17-18,23-24H,11-12,29-30H2,1-6H3. The summed E-state index contributed by atoms with van der Waals surface area (Å²) in [5.41, 5.74) is 13.3. The number of hydrogen-bond donors (Lipinski definition) is 2. The molecule has 0 radical (unpaired) electrons. The summed E-state index contributed by atoms with van der Waals surface area (Å²) in [5.74, 6) is -1.14. The van der Waals surface area contributed by atoms with E-state index in [2.05, 4.69) is 31.9 Å². The fraction of sp³-hybridized carbons (Fsp3) is 0.462. The first kappa shape index (κ1) is 33.6. The van der Waals surface area contributed by atoms with Gasteiger partial charge in [-0.2, -0.15) is 0 Å². The number of carbonyl (C=O) groups is 2. The molecule has 0 aliphatic carbocycles. The van der Waals surface area contributed by atoms with E-state index in [1.807, 2.05) is 0 Å². The van der Waals surface area contributed by atoms with Crippen LogP contribution in [-0.2, 0) is 28.5 Å². The number of halogens is 2. The summed E-state index contributed by atoms with van der Waals surface area (Å²) in [6.45, 7) is -0.0164. The van der Waals surface area contributed by atoms with Gasteiger partial charge in [-0.1, -0.05) is 0 Å². The Morgan fingerprint density at radius 1 is 0.625 bits per heavy atom. The summed E-state index contributed by atoms with van der Waals surface area (Å²) in [6.07, 6.45) is -2.35. The monoisotopic (exact) mass is 692 g/mol. The second-order valence-electron chi connectivity index (χ2n) is 8.35. The minimum absolute atomic E-state index is 0.00818. The molecule has 4 unspecified atom stereocenters. The fourth-order valence-electron chi connectivity index (χ4n) is 3.86. The van der Waals surface area contributed by atoms with Crippen LogP contribution in [0.1, 0.15) is 23.3 Å². The minimum Gasteiger partial charge on any atom is -0.496 e. The number of nitrogens with two attached hydrogens (primary N) is 2. The first-order chi connectivity index (χ1) is 19.1. The van der Waals surface area contributed by atoms with E-state index in [9.17, 15) is 9.59 Å². The highest BCUT2D eigenvalue weighted by Gasteiger charge is 2.35. The van der Waals surface area contributed by atoms with Crippen LogP contribution in [0.3, 0.4) is 0 Å². The molecule has 0 heterocycles. The number of methoxy groups -OCH3 is 6. The van der Waals surface area contributed by atoms with Gasteiger partial charge in [0.15, 0.2) is 0 Å². The maximum atomic E-state index is 13.1. The molecule has 12 nitrogen and oxygen atoms in total. The summed E-state index contributed by atoms with van der Waals surface area (Å²) in [6, 6.07) is 4.64. The summed E-state index contributed by atoms with van der Waals surface area (Å²) >= 11 is 6.78. The van der Waals surface area contributed by atoms with E-state index in [1.54, 1.807) is 24.3 Å². The molecule has 0 bridgehead atoms. The second kappa shape index (κ2) is 16.0. The van der Waals surface area contributed by atoms with E-state index < -0.39 is 36.2 Å². The number of carbonyl (C=O) groups excluding carboxylic acids is 2. The third kappa shape index (κ3) is 8.21. The Kier molecular flexibility index (Phi) is 13.4. The Labute approximate surface area is 249 Å². The van der Waals surface area contributed by atoms with Crippen molar-refractivity contribution in [1.82, 2.24) is 0 Å². The normalized spacial score (nSPS) is 13.9. The zero-order chi connectivity index (χ0) is 30.0. The molecule has 0 aromatic heterocycles. The van der Waals surface area contributed by atoms with Gasteiger partial charge >= 0.3 is 11.9 Å². The Bertz CT molecular complexity index is 1080. The van der Waals surface area contributed by atoms with Crippen molar-refractivity contribution in [2.45, 2.75) is 24.3 Å². The quantitative estimate of drug-likeness (QED) is 0.220. The van der Waals surface area contributed by atoms with Crippen molar-refractivity contribution in [2.24, 2.45) is 11.5 Å². The van der Waals surface area contributed by atoms with Crippen LogP contribution in [-0.4, -0.2) is 79.9 Å². The SMILES string of the molecule is COCC(N)C(OC(=O)C(=O)OC(c1cc(OC)c(Br)cc1OC)C(N)COC)c1cc(OC)c(Br)cc1OC. The lowest BCUT2D eigenvalue weighted by atomic mass is 10.0. The molecular formula is C26H34Br2N2O10. The van der Waals surface area contributed by atoms with E-state index in [0.717, 1.165) is 0 Å². The molecule has 4 atom stereocenters. The van der Waals surface area contributed by atoms with Crippen LogP contribution in [0, 0.1) is 0 Å². The van der Waals surface area contributed by atoms with E-state index in [0.29, 0.717) is 43.1 Å². The van der Waals surface area contributed by atoms with Crippen LogP contribution in [0.2, 0.25) is 0 Å². The highest BCUT2D eigenvalue weighted by atomic mass is 79.9. The molecule has 0 saturated heterocycles. The molecule has 4 N–H and O–H groups in total. The Morgan fingerprint density at radius 3 is 1.23 bits per heavy atom. The van der Waals surface area contributed by atoms with Gasteiger partial charge in [-0.05, 0) is 56.1 Å². The lowest BCUT2D eigenvalue weighted by Crippen LogP contribution is -2.40. The molecule has 0 saturated carbocycles. The minimum atomic E-state index is -1.32. The van der Waals surface area contributed by atoms with Gasteiger partial charge in [0.2, 0.25) is 0 Å². The third-order valence-electron chi connectivity index (χ3n) is 5.75. The topological polar surface area (TPSA) is 160 Å². The summed E-state index contributed by atoms with van der Waals surface area (Å²) in [7, 11) is 8.70. The molecule has 0 aliphatic rings. The number of esters is 2. The lowest BCUT2D eigenvalue weighted by Gasteiger charge is -2.28. The van der Waals surface area contributed by atoms with Crippen molar-refractivity contribution in [1.29, 1.82) is 0 Å². The molecule has 14 heteroatoms.